The Kier molecular flexibility index (Phi) is 5.95. The molecule has 3 aliphatic rings. The highest BCUT2D eigenvalue weighted by atomic mass is 16.3. The van der Waals surface area contributed by atoms with Crippen molar-refractivity contribution in [2.75, 3.05) is 25.5 Å². The summed E-state index contributed by atoms with van der Waals surface area (Å²) in [6.45, 7) is 3.41. The normalized spacial score (nSPS) is 23.2. The van der Waals surface area contributed by atoms with Crippen LogP contribution in [0.4, 0.5) is 5.82 Å². The third kappa shape index (κ3) is 4.15. The van der Waals surface area contributed by atoms with E-state index in [2.05, 4.69) is 5.32 Å². The molecule has 3 heterocycles. The van der Waals surface area contributed by atoms with Crippen LogP contribution >= 0.6 is 0 Å². The Morgan fingerprint density at radius 1 is 1.17 bits per heavy atom. The van der Waals surface area contributed by atoms with Gasteiger partial charge in [-0.15, -0.1) is 0 Å². The molecule has 8 heteroatoms. The van der Waals surface area contributed by atoms with Gasteiger partial charge in [0.15, 0.2) is 5.82 Å². The molecular weight excluding hydrogens is 382 g/mol. The van der Waals surface area contributed by atoms with Crippen molar-refractivity contribution in [3.8, 4) is 0 Å². The molecule has 1 aromatic heterocycles. The topological polar surface area (TPSA) is 98.7 Å². The summed E-state index contributed by atoms with van der Waals surface area (Å²) in [4.78, 5) is 38.2. The van der Waals surface area contributed by atoms with Gasteiger partial charge in [-0.2, -0.15) is 0 Å². The van der Waals surface area contributed by atoms with Gasteiger partial charge in [0.05, 0.1) is 30.3 Å². The first kappa shape index (κ1) is 21.0. The van der Waals surface area contributed by atoms with Crippen molar-refractivity contribution >= 4 is 17.6 Å². The van der Waals surface area contributed by atoms with Crippen molar-refractivity contribution in [1.82, 2.24) is 19.8 Å². The zero-order valence-corrected chi connectivity index (χ0v) is 18.1. The molecule has 8 nitrogen and oxygen atoms in total. The van der Waals surface area contributed by atoms with Gasteiger partial charge in [0.25, 0.3) is 0 Å². The summed E-state index contributed by atoms with van der Waals surface area (Å²) in [5, 5.41) is 14.0. The molecule has 2 fully saturated rings. The summed E-state index contributed by atoms with van der Waals surface area (Å²) in [6.07, 6.45) is 7.16. The monoisotopic (exact) mass is 415 g/mol. The predicted octanol–water partition coefficient (Wildman–Crippen LogP) is 2.17. The van der Waals surface area contributed by atoms with E-state index in [-0.39, 0.29) is 24.3 Å². The van der Waals surface area contributed by atoms with Gasteiger partial charge in [0, 0.05) is 32.6 Å². The van der Waals surface area contributed by atoms with Gasteiger partial charge in [0.2, 0.25) is 11.8 Å². The average molecular weight is 416 g/mol. The van der Waals surface area contributed by atoms with Gasteiger partial charge in [-0.3, -0.25) is 9.59 Å². The number of rotatable bonds is 4. The predicted molar refractivity (Wildman–Crippen MR) is 113 cm³/mol. The fourth-order valence-corrected chi connectivity index (χ4v) is 5.18. The second-order valence-corrected chi connectivity index (χ2v) is 9.00. The summed E-state index contributed by atoms with van der Waals surface area (Å²) >= 11 is 0. The molecule has 2 N–H and O–H groups in total. The summed E-state index contributed by atoms with van der Waals surface area (Å²) in [5.41, 5.74) is 1.07. The van der Waals surface area contributed by atoms with Crippen molar-refractivity contribution in [1.29, 1.82) is 0 Å². The summed E-state index contributed by atoms with van der Waals surface area (Å²) < 4.78 is 0. The average Bonchev–Trinajstić information content (AvgIpc) is 3.22. The zero-order valence-electron chi connectivity index (χ0n) is 18.1. The SMILES string of the molecule is CNc1nc([C@H]2CCCN2C(=O)CC2(O)CCCCC2)nc2c1CCN(C(C)=O)C2. The molecule has 0 radical (unpaired) electrons. The Labute approximate surface area is 178 Å². The number of hydrogen-bond acceptors (Lipinski definition) is 6. The lowest BCUT2D eigenvalue weighted by Gasteiger charge is -2.34. The lowest BCUT2D eigenvalue weighted by atomic mass is 9.82. The molecule has 2 amide bonds. The number of nitrogens with zero attached hydrogens (tertiary/aromatic N) is 4. The molecule has 1 atom stereocenters. The van der Waals surface area contributed by atoms with Crippen molar-refractivity contribution < 1.29 is 14.7 Å². The lowest BCUT2D eigenvalue weighted by molar-refractivity contribution is -0.139. The highest BCUT2D eigenvalue weighted by molar-refractivity contribution is 5.78. The van der Waals surface area contributed by atoms with Crippen molar-refractivity contribution in [2.24, 2.45) is 0 Å². The number of nitrogens with one attached hydrogen (secondary N) is 1. The number of amides is 2. The number of fused-ring (bicyclic) bond motifs is 1. The van der Waals surface area contributed by atoms with Crippen LogP contribution in [0.2, 0.25) is 0 Å². The molecular formula is C22H33N5O3. The standard InChI is InChI=1S/C22H33N5O3/c1-15(28)26-12-8-16-17(14-26)24-21(25-20(16)23-2)18-7-6-11-27(18)19(29)13-22(30)9-4-3-5-10-22/h18,30H,3-14H2,1-2H3,(H,23,24,25)/t18-/m1/s1. The van der Waals surface area contributed by atoms with Crippen LogP contribution in [0.1, 0.15) is 81.4 Å². The number of aromatic nitrogens is 2. The number of likely N-dealkylation sites (tertiary alicyclic amines) is 1. The van der Waals surface area contributed by atoms with Gasteiger partial charge in [0.1, 0.15) is 5.82 Å². The summed E-state index contributed by atoms with van der Waals surface area (Å²) in [6, 6.07) is -0.171. The minimum atomic E-state index is -0.864. The van der Waals surface area contributed by atoms with Gasteiger partial charge in [-0.1, -0.05) is 19.3 Å². The van der Waals surface area contributed by atoms with E-state index in [1.165, 1.54) is 0 Å². The van der Waals surface area contributed by atoms with Crippen molar-refractivity contribution in [2.45, 2.75) is 82.9 Å². The molecule has 1 aromatic rings. The van der Waals surface area contributed by atoms with Crippen molar-refractivity contribution in [3.63, 3.8) is 0 Å². The van der Waals surface area contributed by atoms with Gasteiger partial charge in [-0.05, 0) is 32.1 Å². The molecule has 164 valence electrons. The molecule has 1 aliphatic carbocycles. The zero-order chi connectivity index (χ0) is 21.3. The molecule has 0 aromatic carbocycles. The quantitative estimate of drug-likeness (QED) is 0.782. The van der Waals surface area contributed by atoms with E-state index < -0.39 is 5.60 Å². The Hall–Kier alpha value is -2.22. The fourth-order valence-electron chi connectivity index (χ4n) is 5.18. The van der Waals surface area contributed by atoms with Crippen LogP contribution in [0.25, 0.3) is 0 Å². The number of hydrogen-bond donors (Lipinski definition) is 2. The van der Waals surface area contributed by atoms with Crippen LogP contribution in [0.3, 0.4) is 0 Å². The van der Waals surface area contributed by atoms with Crippen LogP contribution in [0, 0.1) is 0 Å². The Bertz CT molecular complexity index is 821. The minimum absolute atomic E-state index is 0.000379. The van der Waals surface area contributed by atoms with Crippen LogP contribution in [0.15, 0.2) is 0 Å². The van der Waals surface area contributed by atoms with Gasteiger partial charge < -0.3 is 20.2 Å². The molecule has 1 saturated carbocycles. The Morgan fingerprint density at radius 2 is 1.93 bits per heavy atom. The van der Waals surface area contributed by atoms with E-state index in [0.29, 0.717) is 38.3 Å². The maximum Gasteiger partial charge on any atom is 0.226 e. The second kappa shape index (κ2) is 8.49. The number of aliphatic hydroxyl groups is 1. The van der Waals surface area contributed by atoms with E-state index in [1.807, 2.05) is 11.9 Å². The second-order valence-electron chi connectivity index (χ2n) is 9.00. The first-order chi connectivity index (χ1) is 14.4. The van der Waals surface area contributed by atoms with Crippen molar-refractivity contribution in [3.05, 3.63) is 17.1 Å². The summed E-state index contributed by atoms with van der Waals surface area (Å²) in [7, 11) is 1.85. The third-order valence-electron chi connectivity index (χ3n) is 6.90. The van der Waals surface area contributed by atoms with Crippen LogP contribution in [-0.2, 0) is 22.6 Å². The molecule has 0 spiro atoms. The van der Waals surface area contributed by atoms with E-state index in [9.17, 15) is 14.7 Å². The molecule has 0 unspecified atom stereocenters. The molecule has 0 bridgehead atoms. The van der Waals surface area contributed by atoms with Crippen LogP contribution < -0.4 is 5.32 Å². The number of carbonyl (C=O) groups excluding carboxylic acids is 2. The Balaban J connectivity index is 1.57. The van der Waals surface area contributed by atoms with E-state index in [4.69, 9.17) is 9.97 Å². The Morgan fingerprint density at radius 3 is 2.63 bits per heavy atom. The lowest BCUT2D eigenvalue weighted by Crippen LogP contribution is -2.41. The number of carbonyl (C=O) groups is 2. The number of anilines is 1. The van der Waals surface area contributed by atoms with E-state index >= 15 is 0 Å². The maximum absolute atomic E-state index is 13.1. The first-order valence-corrected chi connectivity index (χ1v) is 11.2. The smallest absolute Gasteiger partial charge is 0.226 e. The highest BCUT2D eigenvalue weighted by Gasteiger charge is 2.38. The van der Waals surface area contributed by atoms with Gasteiger partial charge >= 0.3 is 0 Å². The molecule has 2 aliphatic heterocycles. The van der Waals surface area contributed by atoms with Gasteiger partial charge in [-0.25, -0.2) is 9.97 Å². The summed E-state index contributed by atoms with van der Waals surface area (Å²) in [5.74, 6) is 1.48. The first-order valence-electron chi connectivity index (χ1n) is 11.2. The van der Waals surface area contributed by atoms with Crippen LogP contribution in [0.5, 0.6) is 0 Å². The van der Waals surface area contributed by atoms with E-state index in [0.717, 1.165) is 55.6 Å². The van der Waals surface area contributed by atoms with Crippen LogP contribution in [-0.4, -0.2) is 62.4 Å². The molecule has 1 saturated heterocycles. The fraction of sp³-hybridized carbons (Fsp3) is 0.727. The van der Waals surface area contributed by atoms with E-state index in [1.54, 1.807) is 11.8 Å². The highest BCUT2D eigenvalue weighted by Crippen LogP contribution is 2.36. The third-order valence-corrected chi connectivity index (χ3v) is 6.90. The minimum Gasteiger partial charge on any atom is -0.389 e. The largest absolute Gasteiger partial charge is 0.389 e. The molecule has 30 heavy (non-hydrogen) atoms. The molecule has 4 rings (SSSR count). The maximum atomic E-state index is 13.1.